The van der Waals surface area contributed by atoms with E-state index in [9.17, 15) is 4.79 Å². The van der Waals surface area contributed by atoms with Crippen LogP contribution in [0, 0.1) is 0 Å². The first-order chi connectivity index (χ1) is 19.1. The van der Waals surface area contributed by atoms with Crippen molar-refractivity contribution in [2.24, 2.45) is 0 Å². The Kier molecular flexibility index (Phi) is 8.33. The number of rotatable bonds is 12. The number of imidazole rings is 1. The van der Waals surface area contributed by atoms with Crippen molar-refractivity contribution in [1.82, 2.24) is 29.3 Å². The molecule has 0 unspecified atom stereocenters. The van der Waals surface area contributed by atoms with Crippen molar-refractivity contribution in [3.63, 3.8) is 0 Å². The van der Waals surface area contributed by atoms with Crippen LogP contribution in [0.5, 0.6) is 11.6 Å². The molecule has 0 aliphatic carbocycles. The fraction of sp³-hybridized carbons (Fsp3) is 0.250. The van der Waals surface area contributed by atoms with Gasteiger partial charge in [-0.1, -0.05) is 42.5 Å². The van der Waals surface area contributed by atoms with Crippen LogP contribution in [0.1, 0.15) is 34.8 Å². The average Bonchev–Trinajstić information content (AvgIpc) is 3.61. The van der Waals surface area contributed by atoms with Gasteiger partial charge in [0.2, 0.25) is 5.88 Å². The Morgan fingerprint density at radius 2 is 1.87 bits per heavy atom. The number of halogens is 1. The lowest BCUT2D eigenvalue weighted by atomic mass is 10.2. The molecule has 0 fully saturated rings. The van der Waals surface area contributed by atoms with Crippen LogP contribution in [0.4, 0.5) is 0 Å². The summed E-state index contributed by atoms with van der Waals surface area (Å²) in [6.45, 7) is 3.36. The van der Waals surface area contributed by atoms with Gasteiger partial charge in [-0.25, -0.2) is 14.5 Å². The van der Waals surface area contributed by atoms with E-state index in [1.807, 2.05) is 59.2 Å². The van der Waals surface area contributed by atoms with Gasteiger partial charge < -0.3 is 18.8 Å². The number of benzene rings is 2. The summed E-state index contributed by atoms with van der Waals surface area (Å²) in [5, 5.41) is 4.28. The standard InChI is InChI=1S/C28H27ClN6O4/c1-2-37-27(36)22-15-31-35(17-22)28-32-25-24(26(33-28)39-18-20-8-4-3-5-9-20)30-19-34(25)16-21-10-6-11-23(14-21)38-13-7-12-29/h3-6,8-11,14-15,17,19H,2,7,12-13,16,18H2,1H3. The van der Waals surface area contributed by atoms with E-state index in [0.29, 0.717) is 48.2 Å². The van der Waals surface area contributed by atoms with Crippen LogP contribution in [0.2, 0.25) is 0 Å². The summed E-state index contributed by atoms with van der Waals surface area (Å²) in [5.74, 6) is 1.40. The van der Waals surface area contributed by atoms with Crippen molar-refractivity contribution < 1.29 is 19.0 Å². The van der Waals surface area contributed by atoms with E-state index < -0.39 is 5.97 Å². The number of carbonyl (C=O) groups is 1. The van der Waals surface area contributed by atoms with Gasteiger partial charge >= 0.3 is 5.97 Å². The predicted molar refractivity (Wildman–Crippen MR) is 146 cm³/mol. The van der Waals surface area contributed by atoms with Gasteiger partial charge in [0.1, 0.15) is 12.4 Å². The zero-order valence-electron chi connectivity index (χ0n) is 21.4. The SMILES string of the molecule is CCOC(=O)c1cnn(-c2nc(OCc3ccccc3)c3ncn(Cc4cccc(OCCCCl)c4)c3n2)c1. The van der Waals surface area contributed by atoms with Crippen molar-refractivity contribution in [1.29, 1.82) is 0 Å². The Bertz CT molecular complexity index is 1550. The van der Waals surface area contributed by atoms with Crippen LogP contribution in [0.25, 0.3) is 17.1 Å². The molecule has 0 spiro atoms. The molecule has 0 N–H and O–H groups in total. The van der Waals surface area contributed by atoms with E-state index in [4.69, 9.17) is 30.8 Å². The molecule has 10 nitrogen and oxygen atoms in total. The number of hydrogen-bond acceptors (Lipinski definition) is 8. The maximum atomic E-state index is 12.2. The van der Waals surface area contributed by atoms with Crippen molar-refractivity contribution in [2.75, 3.05) is 19.1 Å². The molecule has 0 saturated carbocycles. The van der Waals surface area contributed by atoms with E-state index in [2.05, 4.69) is 15.1 Å². The van der Waals surface area contributed by atoms with Crippen molar-refractivity contribution >= 4 is 28.7 Å². The van der Waals surface area contributed by atoms with E-state index in [0.717, 1.165) is 23.3 Å². The van der Waals surface area contributed by atoms with Crippen LogP contribution >= 0.6 is 11.6 Å². The number of esters is 1. The zero-order chi connectivity index (χ0) is 27.0. The molecule has 0 saturated heterocycles. The van der Waals surface area contributed by atoms with Gasteiger partial charge in [-0.15, -0.1) is 11.6 Å². The minimum absolute atomic E-state index is 0.237. The third-order valence-corrected chi connectivity index (χ3v) is 6.00. The maximum absolute atomic E-state index is 12.2. The molecule has 200 valence electrons. The lowest BCUT2D eigenvalue weighted by Crippen LogP contribution is -2.08. The lowest BCUT2D eigenvalue weighted by molar-refractivity contribution is 0.0526. The maximum Gasteiger partial charge on any atom is 0.341 e. The number of hydrogen-bond donors (Lipinski definition) is 0. The highest BCUT2D eigenvalue weighted by molar-refractivity contribution is 6.17. The largest absolute Gasteiger partial charge is 0.494 e. The normalized spacial score (nSPS) is 11.0. The highest BCUT2D eigenvalue weighted by Crippen LogP contribution is 2.25. The van der Waals surface area contributed by atoms with Gasteiger partial charge in [0, 0.05) is 12.1 Å². The molecule has 0 atom stereocenters. The second kappa shape index (κ2) is 12.4. The fourth-order valence-electron chi connectivity index (χ4n) is 3.88. The van der Waals surface area contributed by atoms with Crippen molar-refractivity contribution in [2.45, 2.75) is 26.5 Å². The van der Waals surface area contributed by atoms with Gasteiger partial charge in [-0.3, -0.25) is 0 Å². The van der Waals surface area contributed by atoms with E-state index in [1.54, 1.807) is 13.3 Å². The van der Waals surface area contributed by atoms with Crippen LogP contribution in [0.3, 0.4) is 0 Å². The molecule has 2 aromatic carbocycles. The van der Waals surface area contributed by atoms with Crippen LogP contribution in [-0.2, 0) is 17.9 Å². The van der Waals surface area contributed by atoms with Crippen molar-refractivity contribution in [3.05, 3.63) is 90.0 Å². The van der Waals surface area contributed by atoms with Gasteiger partial charge in [-0.05, 0) is 36.6 Å². The van der Waals surface area contributed by atoms with E-state index in [-0.39, 0.29) is 12.6 Å². The molecule has 0 amide bonds. The summed E-state index contributed by atoms with van der Waals surface area (Å²) in [4.78, 5) is 26.1. The third kappa shape index (κ3) is 6.35. The topological polar surface area (TPSA) is 106 Å². The van der Waals surface area contributed by atoms with Gasteiger partial charge in [0.15, 0.2) is 11.2 Å². The highest BCUT2D eigenvalue weighted by Gasteiger charge is 2.18. The molecule has 39 heavy (non-hydrogen) atoms. The number of fused-ring (bicyclic) bond motifs is 1. The number of carbonyl (C=O) groups excluding carboxylic acids is 1. The predicted octanol–water partition coefficient (Wildman–Crippen LogP) is 4.82. The van der Waals surface area contributed by atoms with Gasteiger partial charge in [-0.2, -0.15) is 15.1 Å². The summed E-state index contributed by atoms with van der Waals surface area (Å²) in [7, 11) is 0. The van der Waals surface area contributed by atoms with Gasteiger partial charge in [0.05, 0.1) is 37.8 Å². The minimum atomic E-state index is -0.469. The molecule has 11 heteroatoms. The highest BCUT2D eigenvalue weighted by atomic mass is 35.5. The zero-order valence-corrected chi connectivity index (χ0v) is 22.1. The second-order valence-corrected chi connectivity index (χ2v) is 8.96. The molecule has 0 bridgehead atoms. The smallest absolute Gasteiger partial charge is 0.341 e. The van der Waals surface area contributed by atoms with Crippen LogP contribution < -0.4 is 9.47 Å². The molecule has 0 aliphatic rings. The van der Waals surface area contributed by atoms with Crippen LogP contribution in [0.15, 0.2) is 73.3 Å². The molecular formula is C28H27ClN6O4. The number of nitrogens with zero attached hydrogens (tertiary/aromatic N) is 6. The first-order valence-corrected chi connectivity index (χ1v) is 13.1. The monoisotopic (exact) mass is 546 g/mol. The molecule has 3 aromatic heterocycles. The average molecular weight is 547 g/mol. The summed E-state index contributed by atoms with van der Waals surface area (Å²) in [6, 6.07) is 17.6. The minimum Gasteiger partial charge on any atom is -0.494 e. The first kappa shape index (κ1) is 26.2. The molecule has 0 aliphatic heterocycles. The Morgan fingerprint density at radius 3 is 2.69 bits per heavy atom. The molecule has 0 radical (unpaired) electrons. The Hall–Kier alpha value is -4.44. The fourth-order valence-corrected chi connectivity index (χ4v) is 3.99. The first-order valence-electron chi connectivity index (χ1n) is 12.5. The quantitative estimate of drug-likeness (QED) is 0.124. The van der Waals surface area contributed by atoms with E-state index >= 15 is 0 Å². The number of ether oxygens (including phenoxy) is 3. The van der Waals surface area contributed by atoms with Crippen LogP contribution in [-0.4, -0.2) is 54.4 Å². The molecule has 3 heterocycles. The summed E-state index contributed by atoms with van der Waals surface area (Å²) in [5.41, 5.74) is 3.37. The molecule has 5 rings (SSSR count). The summed E-state index contributed by atoms with van der Waals surface area (Å²) < 4.78 is 20.3. The van der Waals surface area contributed by atoms with Gasteiger partial charge in [0.25, 0.3) is 5.95 Å². The van der Waals surface area contributed by atoms with Crippen molar-refractivity contribution in [3.8, 4) is 17.6 Å². The Morgan fingerprint density at radius 1 is 1.03 bits per heavy atom. The lowest BCUT2D eigenvalue weighted by Gasteiger charge is -2.10. The molecule has 5 aromatic rings. The summed E-state index contributed by atoms with van der Waals surface area (Å²) >= 11 is 5.77. The Balaban J connectivity index is 1.49. The number of alkyl halides is 1. The number of aromatic nitrogens is 6. The second-order valence-electron chi connectivity index (χ2n) is 8.58. The van der Waals surface area contributed by atoms with E-state index in [1.165, 1.54) is 17.1 Å². The third-order valence-electron chi connectivity index (χ3n) is 5.74. The molecular weight excluding hydrogens is 520 g/mol. The Labute approximate surface area is 230 Å². The summed E-state index contributed by atoms with van der Waals surface area (Å²) in [6.07, 6.45) is 5.42.